The summed E-state index contributed by atoms with van der Waals surface area (Å²) in [6.07, 6.45) is 2.29. The summed E-state index contributed by atoms with van der Waals surface area (Å²) >= 11 is 2.03. The Hall–Kier alpha value is -0.930. The minimum absolute atomic E-state index is 0.375. The quantitative estimate of drug-likeness (QED) is 0.891. The third kappa shape index (κ3) is 2.17. The van der Waals surface area contributed by atoms with Crippen LogP contribution >= 0.6 is 11.8 Å². The Morgan fingerprint density at radius 2 is 2.28 bits per heavy atom. The van der Waals surface area contributed by atoms with Gasteiger partial charge in [-0.3, -0.25) is 0 Å². The molecule has 0 spiro atoms. The van der Waals surface area contributed by atoms with Gasteiger partial charge in [0, 0.05) is 16.7 Å². The number of furan rings is 1. The molecule has 0 bridgehead atoms. The van der Waals surface area contributed by atoms with Crippen LogP contribution in [0, 0.1) is 0 Å². The predicted molar refractivity (Wildman–Crippen MR) is 78.3 cm³/mol. The zero-order valence-electron chi connectivity index (χ0n) is 10.7. The topological polar surface area (TPSA) is 25.2 Å². The standard InChI is InChI=1S/C15H19NOS/c1-2-11-12-6-3-4-7-14(12)17-15(11)13-10-18-9-5-8-16-13/h3-4,6-7,13,16H,2,5,8-10H2,1H3. The summed E-state index contributed by atoms with van der Waals surface area (Å²) in [5.74, 6) is 3.53. The molecular formula is C15H19NOS. The fraction of sp³-hybridized carbons (Fsp3) is 0.467. The fourth-order valence-electron chi connectivity index (χ4n) is 2.64. The van der Waals surface area contributed by atoms with Crippen molar-refractivity contribution in [3.8, 4) is 0 Å². The number of benzene rings is 1. The second kappa shape index (κ2) is 5.37. The van der Waals surface area contributed by atoms with Gasteiger partial charge in [0.1, 0.15) is 11.3 Å². The van der Waals surface area contributed by atoms with E-state index in [1.807, 2.05) is 17.8 Å². The summed E-state index contributed by atoms with van der Waals surface area (Å²) in [5, 5.41) is 4.90. The van der Waals surface area contributed by atoms with Gasteiger partial charge in [-0.1, -0.05) is 25.1 Å². The lowest BCUT2D eigenvalue weighted by Gasteiger charge is -2.14. The first kappa shape index (κ1) is 12.1. The van der Waals surface area contributed by atoms with Crippen molar-refractivity contribution in [1.29, 1.82) is 0 Å². The van der Waals surface area contributed by atoms with Gasteiger partial charge in [-0.2, -0.15) is 11.8 Å². The highest BCUT2D eigenvalue weighted by molar-refractivity contribution is 7.99. The summed E-state index contributed by atoms with van der Waals surface area (Å²) in [6.45, 7) is 3.31. The lowest BCUT2D eigenvalue weighted by molar-refractivity contribution is 0.455. The van der Waals surface area contributed by atoms with E-state index >= 15 is 0 Å². The van der Waals surface area contributed by atoms with E-state index < -0.39 is 0 Å². The Labute approximate surface area is 112 Å². The minimum Gasteiger partial charge on any atom is -0.459 e. The van der Waals surface area contributed by atoms with Crippen LogP contribution in [0.2, 0.25) is 0 Å². The van der Waals surface area contributed by atoms with Crippen molar-refractivity contribution in [2.75, 3.05) is 18.1 Å². The summed E-state index contributed by atoms with van der Waals surface area (Å²) in [5.41, 5.74) is 2.41. The summed E-state index contributed by atoms with van der Waals surface area (Å²) < 4.78 is 6.11. The number of hydrogen-bond acceptors (Lipinski definition) is 3. The molecule has 0 amide bonds. The molecule has 1 fully saturated rings. The third-order valence-corrected chi connectivity index (χ3v) is 4.69. The second-order valence-electron chi connectivity index (χ2n) is 4.73. The van der Waals surface area contributed by atoms with E-state index in [0.29, 0.717) is 6.04 Å². The molecule has 1 unspecified atom stereocenters. The Morgan fingerprint density at radius 1 is 1.39 bits per heavy atom. The van der Waals surface area contributed by atoms with Gasteiger partial charge in [-0.25, -0.2) is 0 Å². The van der Waals surface area contributed by atoms with Crippen molar-refractivity contribution in [1.82, 2.24) is 5.32 Å². The molecule has 1 N–H and O–H groups in total. The number of thioether (sulfide) groups is 1. The number of para-hydroxylation sites is 1. The van der Waals surface area contributed by atoms with E-state index in [4.69, 9.17) is 4.42 Å². The molecule has 2 nitrogen and oxygen atoms in total. The lowest BCUT2D eigenvalue weighted by Crippen LogP contribution is -2.22. The Morgan fingerprint density at radius 3 is 3.17 bits per heavy atom. The van der Waals surface area contributed by atoms with Crippen LogP contribution in [0.4, 0.5) is 0 Å². The van der Waals surface area contributed by atoms with Crippen molar-refractivity contribution < 1.29 is 4.42 Å². The molecule has 3 rings (SSSR count). The smallest absolute Gasteiger partial charge is 0.134 e. The normalized spacial score (nSPS) is 21.1. The van der Waals surface area contributed by atoms with Crippen molar-refractivity contribution in [2.24, 2.45) is 0 Å². The molecular weight excluding hydrogens is 242 g/mol. The van der Waals surface area contributed by atoms with Crippen LogP contribution in [-0.2, 0) is 6.42 Å². The Kier molecular flexibility index (Phi) is 3.62. The number of nitrogens with one attached hydrogen (secondary N) is 1. The van der Waals surface area contributed by atoms with Crippen LogP contribution in [0.15, 0.2) is 28.7 Å². The van der Waals surface area contributed by atoms with Crippen molar-refractivity contribution >= 4 is 22.7 Å². The van der Waals surface area contributed by atoms with E-state index in [9.17, 15) is 0 Å². The minimum atomic E-state index is 0.375. The highest BCUT2D eigenvalue weighted by Gasteiger charge is 2.22. The Bertz CT molecular complexity index is 526. The van der Waals surface area contributed by atoms with Crippen LogP contribution in [-0.4, -0.2) is 18.1 Å². The van der Waals surface area contributed by atoms with Gasteiger partial charge < -0.3 is 9.73 Å². The van der Waals surface area contributed by atoms with Crippen LogP contribution in [0.25, 0.3) is 11.0 Å². The molecule has 1 aromatic carbocycles. The Balaban J connectivity index is 2.04. The van der Waals surface area contributed by atoms with Crippen LogP contribution in [0.3, 0.4) is 0 Å². The van der Waals surface area contributed by atoms with E-state index in [1.165, 1.54) is 23.1 Å². The summed E-state index contributed by atoms with van der Waals surface area (Å²) in [7, 11) is 0. The monoisotopic (exact) mass is 261 g/mol. The molecule has 1 atom stereocenters. The van der Waals surface area contributed by atoms with E-state index in [1.54, 1.807) is 0 Å². The van der Waals surface area contributed by atoms with Gasteiger partial charge in [0.2, 0.25) is 0 Å². The van der Waals surface area contributed by atoms with Crippen molar-refractivity contribution in [3.63, 3.8) is 0 Å². The summed E-state index contributed by atoms with van der Waals surface area (Å²) in [6, 6.07) is 8.76. The van der Waals surface area contributed by atoms with E-state index in [-0.39, 0.29) is 0 Å². The second-order valence-corrected chi connectivity index (χ2v) is 5.88. The molecule has 2 heterocycles. The summed E-state index contributed by atoms with van der Waals surface area (Å²) in [4.78, 5) is 0. The molecule has 1 saturated heterocycles. The molecule has 18 heavy (non-hydrogen) atoms. The molecule has 2 aromatic rings. The molecule has 0 saturated carbocycles. The maximum absolute atomic E-state index is 6.11. The molecule has 1 aliphatic rings. The molecule has 1 aromatic heterocycles. The molecule has 0 radical (unpaired) electrons. The van der Waals surface area contributed by atoms with Gasteiger partial charge in [0.05, 0.1) is 6.04 Å². The largest absolute Gasteiger partial charge is 0.459 e. The number of rotatable bonds is 2. The first-order valence-corrected chi connectivity index (χ1v) is 7.87. The van der Waals surface area contributed by atoms with Gasteiger partial charge >= 0.3 is 0 Å². The number of fused-ring (bicyclic) bond motifs is 1. The molecule has 96 valence electrons. The number of aryl methyl sites for hydroxylation is 1. The fourth-order valence-corrected chi connectivity index (χ4v) is 3.66. The van der Waals surface area contributed by atoms with Crippen LogP contribution in [0.1, 0.15) is 30.7 Å². The van der Waals surface area contributed by atoms with Crippen molar-refractivity contribution in [2.45, 2.75) is 25.8 Å². The predicted octanol–water partition coefficient (Wildman–Crippen LogP) is 3.76. The highest BCUT2D eigenvalue weighted by Crippen LogP contribution is 2.32. The van der Waals surface area contributed by atoms with Gasteiger partial charge in [0.25, 0.3) is 0 Å². The van der Waals surface area contributed by atoms with E-state index in [2.05, 4.69) is 30.4 Å². The maximum atomic E-state index is 6.11. The van der Waals surface area contributed by atoms with Gasteiger partial charge in [0.15, 0.2) is 0 Å². The average Bonchev–Trinajstić information content (AvgIpc) is 2.59. The lowest BCUT2D eigenvalue weighted by atomic mass is 10.0. The van der Waals surface area contributed by atoms with Gasteiger partial charge in [-0.05, 0) is 31.2 Å². The first-order valence-electron chi connectivity index (χ1n) is 6.71. The molecule has 0 aliphatic carbocycles. The molecule has 3 heteroatoms. The van der Waals surface area contributed by atoms with Crippen LogP contribution in [0.5, 0.6) is 0 Å². The zero-order valence-corrected chi connectivity index (χ0v) is 11.6. The first-order chi connectivity index (χ1) is 8.90. The maximum Gasteiger partial charge on any atom is 0.134 e. The number of hydrogen-bond donors (Lipinski definition) is 1. The zero-order chi connectivity index (χ0) is 12.4. The SMILES string of the molecule is CCc1c(C2CSCCCN2)oc2ccccc12. The van der Waals surface area contributed by atoms with Gasteiger partial charge in [-0.15, -0.1) is 0 Å². The molecule has 1 aliphatic heterocycles. The van der Waals surface area contributed by atoms with Crippen molar-refractivity contribution in [3.05, 3.63) is 35.6 Å². The van der Waals surface area contributed by atoms with Crippen LogP contribution < -0.4 is 5.32 Å². The average molecular weight is 261 g/mol. The highest BCUT2D eigenvalue weighted by atomic mass is 32.2. The van der Waals surface area contributed by atoms with E-state index in [0.717, 1.165) is 30.1 Å². The third-order valence-electron chi connectivity index (χ3n) is 3.54.